The van der Waals surface area contributed by atoms with E-state index in [0.29, 0.717) is 6.42 Å². The fourth-order valence-electron chi connectivity index (χ4n) is 1.01. The Labute approximate surface area is 72.2 Å². The van der Waals surface area contributed by atoms with Gasteiger partial charge in [-0.3, -0.25) is 4.79 Å². The number of hydrogen-bond acceptors (Lipinski definition) is 3. The maximum absolute atomic E-state index is 10.8. The second kappa shape index (κ2) is 4.36. The zero-order chi connectivity index (χ0) is 7.56. The standard InChI is InChI=1S/C7H11NO2.ClH2/c1-5-3-6(8-4-5)7(9)10-2;/h6,8H,1,3-4H2,2H3;1H2/q;+1/t6-;/m0./s1. The molecule has 0 aromatic rings. The molecule has 0 bridgehead atoms. The molecule has 0 spiro atoms. The summed E-state index contributed by atoms with van der Waals surface area (Å²) in [5, 5.41) is 2.98. The topological polar surface area (TPSA) is 38.3 Å². The molecule has 1 heterocycles. The maximum Gasteiger partial charge on any atom is 0.323 e. The van der Waals surface area contributed by atoms with E-state index < -0.39 is 0 Å². The number of nitrogens with one attached hydrogen (secondary N) is 1. The second-order valence-corrected chi connectivity index (χ2v) is 2.41. The zero-order valence-corrected chi connectivity index (χ0v) is 7.36. The van der Waals surface area contributed by atoms with Crippen LogP contribution in [-0.4, -0.2) is 25.7 Å². The van der Waals surface area contributed by atoms with Gasteiger partial charge in [-0.05, 0) is 6.42 Å². The highest BCUT2D eigenvalue weighted by molar-refractivity contribution is 5.76. The first-order chi connectivity index (χ1) is 4.74. The maximum atomic E-state index is 10.8. The highest BCUT2D eigenvalue weighted by Crippen LogP contribution is 2.10. The number of rotatable bonds is 1. The third kappa shape index (κ3) is 2.52. The number of carbonyl (C=O) groups is 1. The van der Waals surface area contributed by atoms with Gasteiger partial charge in [-0.15, -0.1) is 0 Å². The van der Waals surface area contributed by atoms with Crippen LogP contribution in [0.25, 0.3) is 0 Å². The fourth-order valence-corrected chi connectivity index (χ4v) is 1.01. The van der Waals surface area contributed by atoms with E-state index in [9.17, 15) is 4.79 Å². The van der Waals surface area contributed by atoms with Crippen molar-refractivity contribution in [2.45, 2.75) is 12.5 Å². The van der Waals surface area contributed by atoms with Gasteiger partial charge in [-0.2, -0.15) is 0 Å². The van der Waals surface area contributed by atoms with Gasteiger partial charge in [0.25, 0.3) is 0 Å². The molecule has 0 aromatic carbocycles. The van der Waals surface area contributed by atoms with Crippen molar-refractivity contribution in [3.05, 3.63) is 12.2 Å². The van der Waals surface area contributed by atoms with Crippen molar-refractivity contribution in [1.82, 2.24) is 5.32 Å². The van der Waals surface area contributed by atoms with Gasteiger partial charge in [0, 0.05) is 6.54 Å². The van der Waals surface area contributed by atoms with Gasteiger partial charge in [0.15, 0.2) is 0 Å². The Morgan fingerprint density at radius 1 is 1.82 bits per heavy atom. The lowest BCUT2D eigenvalue weighted by atomic mass is 10.2. The van der Waals surface area contributed by atoms with Crippen LogP contribution in [0.3, 0.4) is 0 Å². The Morgan fingerprint density at radius 2 is 2.45 bits per heavy atom. The van der Waals surface area contributed by atoms with Crippen LogP contribution >= 0.6 is 0 Å². The predicted molar refractivity (Wildman–Crippen MR) is 40.4 cm³/mol. The Hall–Kier alpha value is -0.540. The first-order valence-electron chi connectivity index (χ1n) is 3.22. The van der Waals surface area contributed by atoms with Crippen LogP contribution in [0.5, 0.6) is 0 Å². The van der Waals surface area contributed by atoms with Gasteiger partial charge in [0.1, 0.15) is 6.04 Å². The molecule has 1 aliphatic rings. The number of methoxy groups -OCH3 is 1. The number of hydrogen-bond donors (Lipinski definition) is 1. The Bertz CT molecular complexity index is 170. The summed E-state index contributed by atoms with van der Waals surface area (Å²) in [7, 11) is 1.39. The van der Waals surface area contributed by atoms with E-state index in [0.717, 1.165) is 12.1 Å². The van der Waals surface area contributed by atoms with Crippen LogP contribution in [0.15, 0.2) is 12.2 Å². The molecule has 0 amide bonds. The molecule has 1 rings (SSSR count). The van der Waals surface area contributed by atoms with Crippen LogP contribution < -0.4 is 5.32 Å². The minimum absolute atomic E-state index is 0. The van der Waals surface area contributed by atoms with Crippen LogP contribution in [0.4, 0.5) is 0 Å². The number of carbonyl (C=O) groups excluding carboxylic acids is 1. The molecular weight excluding hydrogens is 166 g/mol. The predicted octanol–water partition coefficient (Wildman–Crippen LogP) is -0.458. The van der Waals surface area contributed by atoms with E-state index in [1.807, 2.05) is 0 Å². The highest BCUT2D eigenvalue weighted by Gasteiger charge is 2.24. The summed E-state index contributed by atoms with van der Waals surface area (Å²) in [6, 6.07) is -0.155. The van der Waals surface area contributed by atoms with E-state index >= 15 is 0 Å². The molecule has 4 heteroatoms. The van der Waals surface area contributed by atoms with E-state index in [4.69, 9.17) is 0 Å². The van der Waals surface area contributed by atoms with Crippen molar-refractivity contribution in [2.75, 3.05) is 13.7 Å². The third-order valence-corrected chi connectivity index (χ3v) is 1.58. The minimum Gasteiger partial charge on any atom is -0.468 e. The van der Waals surface area contributed by atoms with Gasteiger partial charge >= 0.3 is 5.97 Å². The summed E-state index contributed by atoms with van der Waals surface area (Å²) in [4.78, 5) is 10.8. The lowest BCUT2D eigenvalue weighted by molar-refractivity contribution is -0.142. The Kier molecular flexibility index (Phi) is 4.15. The summed E-state index contributed by atoms with van der Waals surface area (Å²) in [6.07, 6.45) is 0.715. The third-order valence-electron chi connectivity index (χ3n) is 1.58. The van der Waals surface area contributed by atoms with E-state index in [1.54, 1.807) is 0 Å². The molecule has 1 fully saturated rings. The SMILES string of the molecule is C=C1CN[C@H](C(=O)OC)C1.[ClH2+]. The van der Waals surface area contributed by atoms with Crippen molar-refractivity contribution in [3.8, 4) is 0 Å². The number of esters is 1. The van der Waals surface area contributed by atoms with Crippen LogP contribution in [0.2, 0.25) is 0 Å². The summed E-state index contributed by atoms with van der Waals surface area (Å²) in [6.45, 7) is 4.49. The monoisotopic (exact) mass is 178 g/mol. The van der Waals surface area contributed by atoms with Crippen molar-refractivity contribution < 1.29 is 21.9 Å². The van der Waals surface area contributed by atoms with Crippen LogP contribution in [0, 0.1) is 12.4 Å². The average Bonchev–Trinajstić information content (AvgIpc) is 2.34. The molecule has 1 atom stereocenters. The molecule has 1 saturated heterocycles. The average molecular weight is 179 g/mol. The van der Waals surface area contributed by atoms with Gasteiger partial charge in [-0.25, -0.2) is 0 Å². The van der Waals surface area contributed by atoms with E-state index in [-0.39, 0.29) is 24.4 Å². The minimum atomic E-state index is -0.196. The second-order valence-electron chi connectivity index (χ2n) is 2.41. The lowest BCUT2D eigenvalue weighted by Crippen LogP contribution is -2.31. The van der Waals surface area contributed by atoms with Crippen molar-refractivity contribution in [1.29, 1.82) is 0 Å². The Morgan fingerprint density at radius 3 is 2.82 bits per heavy atom. The normalized spacial score (nSPS) is 22.6. The van der Waals surface area contributed by atoms with Gasteiger partial charge < -0.3 is 10.1 Å². The molecule has 11 heavy (non-hydrogen) atoms. The lowest BCUT2D eigenvalue weighted by Gasteiger charge is -2.04. The largest absolute Gasteiger partial charge is 0.468 e. The molecule has 3 nitrogen and oxygen atoms in total. The molecule has 64 valence electrons. The molecule has 0 aliphatic carbocycles. The van der Waals surface area contributed by atoms with Gasteiger partial charge in [-0.1, -0.05) is 12.2 Å². The summed E-state index contributed by atoms with van der Waals surface area (Å²) >= 11 is 0. The molecule has 0 aromatic heterocycles. The quantitative estimate of drug-likeness (QED) is 0.437. The summed E-state index contributed by atoms with van der Waals surface area (Å²) in [5.74, 6) is -0.196. The molecule has 1 N–H and O–H groups in total. The first kappa shape index (κ1) is 10.5. The summed E-state index contributed by atoms with van der Waals surface area (Å²) < 4.78 is 4.54. The smallest absolute Gasteiger partial charge is 0.323 e. The van der Waals surface area contributed by atoms with Crippen molar-refractivity contribution in [3.63, 3.8) is 0 Å². The summed E-state index contributed by atoms with van der Waals surface area (Å²) in [5.41, 5.74) is 1.07. The number of halogens is 1. The van der Waals surface area contributed by atoms with Crippen LogP contribution in [0.1, 0.15) is 6.42 Å². The highest BCUT2D eigenvalue weighted by atomic mass is 35.5. The van der Waals surface area contributed by atoms with E-state index in [2.05, 4.69) is 16.6 Å². The molecule has 0 unspecified atom stereocenters. The fraction of sp³-hybridized carbons (Fsp3) is 0.571. The van der Waals surface area contributed by atoms with Gasteiger partial charge in [0.05, 0.1) is 19.5 Å². The zero-order valence-electron chi connectivity index (χ0n) is 6.46. The molecular formula is C7H13ClNO2+. The number of ether oxygens (including phenoxy) is 1. The van der Waals surface area contributed by atoms with Crippen molar-refractivity contribution in [2.24, 2.45) is 0 Å². The molecule has 0 saturated carbocycles. The molecule has 1 aliphatic heterocycles. The Balaban J connectivity index is 0.000001000. The van der Waals surface area contributed by atoms with Crippen molar-refractivity contribution >= 4 is 5.97 Å². The first-order valence-corrected chi connectivity index (χ1v) is 3.22. The van der Waals surface area contributed by atoms with E-state index in [1.165, 1.54) is 7.11 Å². The molecule has 0 radical (unpaired) electrons. The van der Waals surface area contributed by atoms with Crippen LogP contribution in [-0.2, 0) is 9.53 Å². The van der Waals surface area contributed by atoms with Gasteiger partial charge in [0.2, 0.25) is 0 Å².